The Bertz CT molecular complexity index is 924. The fourth-order valence-corrected chi connectivity index (χ4v) is 2.92. The summed E-state index contributed by atoms with van der Waals surface area (Å²) in [5.74, 6) is -0.819. The minimum absolute atomic E-state index is 0.291. The summed E-state index contributed by atoms with van der Waals surface area (Å²) in [4.78, 5) is 26.3. The second-order valence-electron chi connectivity index (χ2n) is 6.68. The first-order valence-corrected chi connectivity index (χ1v) is 9.57. The first-order valence-electron chi connectivity index (χ1n) is 9.57. The molecule has 0 unspecified atom stereocenters. The molecule has 0 saturated carbocycles. The van der Waals surface area contributed by atoms with Crippen molar-refractivity contribution in [2.75, 3.05) is 31.6 Å². The average molecular weight is 391 g/mol. The number of carbonyl (C=O) groups excluding carboxylic acids is 2. The van der Waals surface area contributed by atoms with E-state index in [-0.39, 0.29) is 12.5 Å². The highest BCUT2D eigenvalue weighted by Crippen LogP contribution is 2.12. The molecule has 150 valence electrons. The maximum Gasteiger partial charge on any atom is 0.338 e. The summed E-state index contributed by atoms with van der Waals surface area (Å²) in [6, 6.07) is 21.0. The third-order valence-corrected chi connectivity index (χ3v) is 4.51. The Balaban J connectivity index is 1.38. The Morgan fingerprint density at radius 2 is 1.76 bits per heavy atom. The molecule has 29 heavy (non-hydrogen) atoms. The number of nitrogens with one attached hydrogen (secondary N) is 1. The van der Waals surface area contributed by atoms with Crippen molar-refractivity contribution >= 4 is 17.6 Å². The molecule has 2 aromatic carbocycles. The Morgan fingerprint density at radius 3 is 2.52 bits per heavy atom. The molecule has 0 spiro atoms. The molecule has 0 saturated heterocycles. The van der Waals surface area contributed by atoms with Gasteiger partial charge in [0.1, 0.15) is 0 Å². The van der Waals surface area contributed by atoms with Crippen LogP contribution in [-0.2, 0) is 9.53 Å². The Kier molecular flexibility index (Phi) is 7.05. The lowest BCUT2D eigenvalue weighted by molar-refractivity contribution is -0.124. The molecule has 6 heteroatoms. The summed E-state index contributed by atoms with van der Waals surface area (Å²) in [6.45, 7) is 1.05. The van der Waals surface area contributed by atoms with Crippen molar-refractivity contribution in [1.29, 1.82) is 0 Å². The summed E-state index contributed by atoms with van der Waals surface area (Å²) in [6.07, 6.45) is 4.59. The predicted octanol–water partition coefficient (Wildman–Crippen LogP) is 3.28. The number of rotatable bonds is 9. The number of nitrogens with zero attached hydrogens (tertiary/aromatic N) is 2. The van der Waals surface area contributed by atoms with Crippen LogP contribution in [0.5, 0.6) is 0 Å². The minimum atomic E-state index is -0.516. The minimum Gasteiger partial charge on any atom is -0.452 e. The smallest absolute Gasteiger partial charge is 0.338 e. The number of esters is 1. The van der Waals surface area contributed by atoms with E-state index in [4.69, 9.17) is 4.74 Å². The normalized spacial score (nSPS) is 10.4. The summed E-state index contributed by atoms with van der Waals surface area (Å²) in [5.41, 5.74) is 2.40. The number of amides is 1. The monoisotopic (exact) mass is 391 g/mol. The van der Waals surface area contributed by atoms with E-state index in [1.807, 2.05) is 72.5 Å². The van der Waals surface area contributed by atoms with Gasteiger partial charge in [0.2, 0.25) is 0 Å². The van der Waals surface area contributed by atoms with Crippen LogP contribution in [0.2, 0.25) is 0 Å². The van der Waals surface area contributed by atoms with E-state index in [0.29, 0.717) is 12.1 Å². The fraction of sp³-hybridized carbons (Fsp3) is 0.217. The first-order chi connectivity index (χ1) is 14.1. The largest absolute Gasteiger partial charge is 0.452 e. The Morgan fingerprint density at radius 1 is 1.00 bits per heavy atom. The average Bonchev–Trinajstić information content (AvgIpc) is 3.30. The molecule has 1 N–H and O–H groups in total. The van der Waals surface area contributed by atoms with Crippen LogP contribution < -0.4 is 10.2 Å². The number of aromatic nitrogens is 1. The predicted molar refractivity (Wildman–Crippen MR) is 113 cm³/mol. The van der Waals surface area contributed by atoms with Crippen LogP contribution in [0, 0.1) is 0 Å². The van der Waals surface area contributed by atoms with Crippen LogP contribution in [0.3, 0.4) is 0 Å². The molecule has 0 radical (unpaired) electrons. The maximum atomic E-state index is 12.2. The van der Waals surface area contributed by atoms with Gasteiger partial charge < -0.3 is 19.5 Å². The van der Waals surface area contributed by atoms with Gasteiger partial charge in [0, 0.05) is 43.9 Å². The highest BCUT2D eigenvalue weighted by Gasteiger charge is 2.11. The highest BCUT2D eigenvalue weighted by molar-refractivity contribution is 5.91. The van der Waals surface area contributed by atoms with Crippen LogP contribution in [0.4, 0.5) is 5.69 Å². The number of hydrogen-bond donors (Lipinski definition) is 1. The van der Waals surface area contributed by atoms with Gasteiger partial charge in [-0.1, -0.05) is 24.3 Å². The summed E-state index contributed by atoms with van der Waals surface area (Å²) < 4.78 is 7.04. The van der Waals surface area contributed by atoms with Crippen molar-refractivity contribution in [3.05, 3.63) is 84.7 Å². The summed E-state index contributed by atoms with van der Waals surface area (Å²) in [7, 11) is 2.01. The zero-order chi connectivity index (χ0) is 20.5. The van der Waals surface area contributed by atoms with Gasteiger partial charge in [-0.15, -0.1) is 0 Å². The van der Waals surface area contributed by atoms with Crippen LogP contribution >= 0.6 is 0 Å². The number of carbonyl (C=O) groups is 2. The van der Waals surface area contributed by atoms with E-state index >= 15 is 0 Å². The van der Waals surface area contributed by atoms with E-state index in [2.05, 4.69) is 10.2 Å². The number of hydrogen-bond acceptors (Lipinski definition) is 4. The summed E-state index contributed by atoms with van der Waals surface area (Å²) >= 11 is 0. The molecule has 0 aliphatic carbocycles. The molecular formula is C23H25N3O3. The third-order valence-electron chi connectivity index (χ3n) is 4.51. The fourth-order valence-electron chi connectivity index (χ4n) is 2.92. The quantitative estimate of drug-likeness (QED) is 0.449. The number of para-hydroxylation sites is 1. The van der Waals surface area contributed by atoms with Crippen LogP contribution in [-0.4, -0.2) is 43.2 Å². The van der Waals surface area contributed by atoms with E-state index in [1.165, 1.54) is 0 Å². The molecule has 3 rings (SSSR count). The van der Waals surface area contributed by atoms with E-state index in [0.717, 1.165) is 24.3 Å². The molecule has 6 nitrogen and oxygen atoms in total. The van der Waals surface area contributed by atoms with Gasteiger partial charge in [0.25, 0.3) is 5.91 Å². The summed E-state index contributed by atoms with van der Waals surface area (Å²) in [5, 5.41) is 2.78. The van der Waals surface area contributed by atoms with Crippen molar-refractivity contribution in [1.82, 2.24) is 9.88 Å². The van der Waals surface area contributed by atoms with Gasteiger partial charge >= 0.3 is 5.97 Å². The van der Waals surface area contributed by atoms with Gasteiger partial charge in [-0.3, -0.25) is 4.79 Å². The topological polar surface area (TPSA) is 63.6 Å². The van der Waals surface area contributed by atoms with E-state index in [9.17, 15) is 9.59 Å². The standard InChI is InChI=1S/C23H25N3O3/c1-25(20-10-3-2-4-11-20)14-8-13-24-22(27)18-29-23(28)19-9-7-12-21(17-19)26-15-5-6-16-26/h2-7,9-12,15-17H,8,13-14,18H2,1H3,(H,24,27). The third kappa shape index (κ3) is 5.97. The van der Waals surface area contributed by atoms with E-state index in [1.54, 1.807) is 18.2 Å². The van der Waals surface area contributed by atoms with Gasteiger partial charge in [-0.05, 0) is 48.9 Å². The lowest BCUT2D eigenvalue weighted by Gasteiger charge is -2.19. The lowest BCUT2D eigenvalue weighted by Crippen LogP contribution is -2.31. The van der Waals surface area contributed by atoms with Gasteiger partial charge in [-0.2, -0.15) is 0 Å². The molecule has 0 atom stereocenters. The number of benzene rings is 2. The van der Waals surface area contributed by atoms with Crippen LogP contribution in [0.25, 0.3) is 5.69 Å². The molecule has 1 heterocycles. The highest BCUT2D eigenvalue weighted by atomic mass is 16.5. The lowest BCUT2D eigenvalue weighted by atomic mass is 10.2. The van der Waals surface area contributed by atoms with Crippen molar-refractivity contribution in [3.63, 3.8) is 0 Å². The number of anilines is 1. The molecule has 1 amide bonds. The molecule has 0 aliphatic rings. The van der Waals surface area contributed by atoms with Crippen molar-refractivity contribution in [3.8, 4) is 5.69 Å². The SMILES string of the molecule is CN(CCCNC(=O)COC(=O)c1cccc(-n2cccc2)c1)c1ccccc1. The molecule has 0 aliphatic heterocycles. The van der Waals surface area contributed by atoms with Crippen LogP contribution in [0.1, 0.15) is 16.8 Å². The van der Waals surface area contributed by atoms with Gasteiger partial charge in [-0.25, -0.2) is 4.79 Å². The molecular weight excluding hydrogens is 366 g/mol. The number of ether oxygens (including phenoxy) is 1. The second kappa shape index (κ2) is 10.1. The van der Waals surface area contributed by atoms with Gasteiger partial charge in [0.15, 0.2) is 6.61 Å². The van der Waals surface area contributed by atoms with Gasteiger partial charge in [0.05, 0.1) is 5.56 Å². The van der Waals surface area contributed by atoms with Crippen molar-refractivity contribution in [2.24, 2.45) is 0 Å². The van der Waals surface area contributed by atoms with Crippen molar-refractivity contribution < 1.29 is 14.3 Å². The van der Waals surface area contributed by atoms with Crippen LogP contribution in [0.15, 0.2) is 79.1 Å². The first kappa shape index (κ1) is 20.2. The Hall–Kier alpha value is -3.54. The Labute approximate surface area is 170 Å². The molecule has 1 aromatic heterocycles. The second-order valence-corrected chi connectivity index (χ2v) is 6.68. The van der Waals surface area contributed by atoms with Crippen molar-refractivity contribution in [2.45, 2.75) is 6.42 Å². The zero-order valence-electron chi connectivity index (χ0n) is 16.5. The van der Waals surface area contributed by atoms with E-state index < -0.39 is 5.97 Å². The molecule has 0 fully saturated rings. The molecule has 3 aromatic rings. The maximum absolute atomic E-state index is 12.2. The zero-order valence-corrected chi connectivity index (χ0v) is 16.5. The molecule has 0 bridgehead atoms.